The zero-order valence-corrected chi connectivity index (χ0v) is 12.9. The Balaban J connectivity index is 1.75. The summed E-state index contributed by atoms with van der Waals surface area (Å²) in [6.45, 7) is 4.32. The molecule has 0 radical (unpaired) electrons. The Morgan fingerprint density at radius 2 is 2.09 bits per heavy atom. The molecule has 1 fully saturated rings. The Morgan fingerprint density at radius 3 is 2.77 bits per heavy atom. The Kier molecular flexibility index (Phi) is 3.92. The van der Waals surface area contributed by atoms with E-state index in [1.54, 1.807) is 18.2 Å². The second-order valence-corrected chi connectivity index (χ2v) is 6.01. The van der Waals surface area contributed by atoms with E-state index in [1.165, 1.54) is 4.68 Å². The molecule has 1 aromatic heterocycles. The van der Waals surface area contributed by atoms with Crippen LogP contribution in [0.1, 0.15) is 33.1 Å². The number of hydrogen-bond acceptors (Lipinski definition) is 4. The van der Waals surface area contributed by atoms with Crippen LogP contribution in [0, 0.1) is 0 Å². The van der Waals surface area contributed by atoms with Crippen molar-refractivity contribution in [3.63, 3.8) is 0 Å². The molecular formula is C16H20N4O2. The SMILES string of the molecule is CC(C)N(C(=O)CCn1nnc2ccccc2c1=O)C1CC1. The second kappa shape index (κ2) is 5.87. The highest BCUT2D eigenvalue weighted by molar-refractivity contribution is 5.78. The van der Waals surface area contributed by atoms with Crippen molar-refractivity contribution in [3.8, 4) is 0 Å². The number of amides is 1. The number of benzene rings is 1. The number of aryl methyl sites for hydroxylation is 1. The van der Waals surface area contributed by atoms with Gasteiger partial charge in [-0.05, 0) is 38.8 Å². The summed E-state index contributed by atoms with van der Waals surface area (Å²) in [6, 6.07) is 7.68. The lowest BCUT2D eigenvalue weighted by atomic mass is 10.2. The first-order valence-electron chi connectivity index (χ1n) is 7.71. The molecule has 0 saturated heterocycles. The van der Waals surface area contributed by atoms with Crippen LogP contribution in [0.15, 0.2) is 29.1 Å². The number of aromatic nitrogens is 3. The molecule has 0 unspecified atom stereocenters. The molecule has 0 bridgehead atoms. The largest absolute Gasteiger partial charge is 0.337 e. The van der Waals surface area contributed by atoms with Gasteiger partial charge in [0, 0.05) is 18.5 Å². The van der Waals surface area contributed by atoms with Gasteiger partial charge < -0.3 is 4.90 Å². The average molecular weight is 300 g/mol. The molecule has 1 aliphatic carbocycles. The summed E-state index contributed by atoms with van der Waals surface area (Å²) in [7, 11) is 0. The third-order valence-corrected chi connectivity index (χ3v) is 3.95. The van der Waals surface area contributed by atoms with Gasteiger partial charge in [-0.25, -0.2) is 4.68 Å². The van der Waals surface area contributed by atoms with Crippen LogP contribution in [-0.2, 0) is 11.3 Å². The topological polar surface area (TPSA) is 68.1 Å². The third-order valence-electron chi connectivity index (χ3n) is 3.95. The van der Waals surface area contributed by atoms with Crippen LogP contribution in [0.4, 0.5) is 0 Å². The van der Waals surface area contributed by atoms with E-state index in [1.807, 2.05) is 24.8 Å². The quantitative estimate of drug-likeness (QED) is 0.841. The molecule has 1 heterocycles. The minimum absolute atomic E-state index is 0.0827. The van der Waals surface area contributed by atoms with Crippen molar-refractivity contribution in [2.75, 3.05) is 0 Å². The predicted molar refractivity (Wildman–Crippen MR) is 83.4 cm³/mol. The smallest absolute Gasteiger partial charge is 0.277 e. The zero-order chi connectivity index (χ0) is 15.7. The van der Waals surface area contributed by atoms with Gasteiger partial charge in [0.2, 0.25) is 5.91 Å². The summed E-state index contributed by atoms with van der Waals surface area (Å²) in [5.74, 6) is 0.0827. The van der Waals surface area contributed by atoms with Crippen LogP contribution in [0.5, 0.6) is 0 Å². The van der Waals surface area contributed by atoms with Gasteiger partial charge >= 0.3 is 0 Å². The number of rotatable bonds is 5. The van der Waals surface area contributed by atoms with Gasteiger partial charge in [-0.2, -0.15) is 0 Å². The number of hydrogen-bond donors (Lipinski definition) is 0. The molecule has 22 heavy (non-hydrogen) atoms. The van der Waals surface area contributed by atoms with Crippen LogP contribution in [0.25, 0.3) is 10.9 Å². The first-order chi connectivity index (χ1) is 10.6. The van der Waals surface area contributed by atoms with Crippen LogP contribution in [0.2, 0.25) is 0 Å². The maximum absolute atomic E-state index is 12.4. The Labute approximate surface area is 128 Å². The standard InChI is InChI=1S/C16H20N4O2/c1-11(2)20(12-7-8-12)15(21)9-10-19-16(22)13-5-3-4-6-14(13)17-18-19/h3-6,11-12H,7-10H2,1-2H3. The van der Waals surface area contributed by atoms with Gasteiger partial charge in [-0.15, -0.1) is 5.10 Å². The van der Waals surface area contributed by atoms with Gasteiger partial charge in [-0.3, -0.25) is 9.59 Å². The molecule has 1 saturated carbocycles. The fraction of sp³-hybridized carbons (Fsp3) is 0.500. The summed E-state index contributed by atoms with van der Waals surface area (Å²) in [4.78, 5) is 26.6. The van der Waals surface area contributed by atoms with Gasteiger partial charge in [0.1, 0.15) is 5.52 Å². The van der Waals surface area contributed by atoms with Crippen molar-refractivity contribution in [3.05, 3.63) is 34.6 Å². The zero-order valence-electron chi connectivity index (χ0n) is 12.9. The van der Waals surface area contributed by atoms with E-state index >= 15 is 0 Å². The van der Waals surface area contributed by atoms with Crippen LogP contribution in [-0.4, -0.2) is 37.9 Å². The molecule has 116 valence electrons. The van der Waals surface area contributed by atoms with Gasteiger partial charge in [-0.1, -0.05) is 17.3 Å². The monoisotopic (exact) mass is 300 g/mol. The Bertz CT molecular complexity index is 747. The van der Waals surface area contributed by atoms with Gasteiger partial charge in [0.15, 0.2) is 0 Å². The van der Waals surface area contributed by atoms with Crippen molar-refractivity contribution in [1.29, 1.82) is 0 Å². The molecule has 3 rings (SSSR count). The Morgan fingerprint density at radius 1 is 1.36 bits per heavy atom. The highest BCUT2D eigenvalue weighted by atomic mass is 16.2. The lowest BCUT2D eigenvalue weighted by Crippen LogP contribution is -2.39. The molecule has 0 aliphatic heterocycles. The fourth-order valence-electron chi connectivity index (χ4n) is 2.77. The van der Waals surface area contributed by atoms with E-state index in [9.17, 15) is 9.59 Å². The molecule has 0 atom stereocenters. The van der Waals surface area contributed by atoms with Crippen molar-refractivity contribution in [2.24, 2.45) is 0 Å². The molecular weight excluding hydrogens is 280 g/mol. The van der Waals surface area contributed by atoms with Crippen molar-refractivity contribution < 1.29 is 4.79 Å². The van der Waals surface area contributed by atoms with Crippen LogP contribution >= 0.6 is 0 Å². The first-order valence-corrected chi connectivity index (χ1v) is 7.71. The Hall–Kier alpha value is -2.24. The molecule has 0 spiro atoms. The molecule has 1 aromatic carbocycles. The van der Waals surface area contributed by atoms with E-state index < -0.39 is 0 Å². The minimum Gasteiger partial charge on any atom is -0.337 e. The summed E-state index contributed by atoms with van der Waals surface area (Å²) in [5.41, 5.74) is 0.387. The summed E-state index contributed by atoms with van der Waals surface area (Å²) in [6.07, 6.45) is 2.45. The lowest BCUT2D eigenvalue weighted by molar-refractivity contribution is -0.133. The van der Waals surface area contributed by atoms with E-state index in [-0.39, 0.29) is 30.5 Å². The van der Waals surface area contributed by atoms with E-state index in [0.29, 0.717) is 16.9 Å². The number of nitrogens with zero attached hydrogens (tertiary/aromatic N) is 4. The highest BCUT2D eigenvalue weighted by Crippen LogP contribution is 2.29. The second-order valence-electron chi connectivity index (χ2n) is 6.01. The van der Waals surface area contributed by atoms with Gasteiger partial charge in [0.25, 0.3) is 5.56 Å². The number of fused-ring (bicyclic) bond motifs is 1. The maximum Gasteiger partial charge on any atom is 0.277 e. The van der Waals surface area contributed by atoms with Crippen LogP contribution in [0.3, 0.4) is 0 Å². The van der Waals surface area contributed by atoms with Crippen molar-refractivity contribution in [1.82, 2.24) is 19.9 Å². The summed E-state index contributed by atoms with van der Waals surface area (Å²) in [5, 5.41) is 8.50. The van der Waals surface area contributed by atoms with E-state index in [2.05, 4.69) is 10.3 Å². The average Bonchev–Trinajstić information content (AvgIpc) is 3.31. The van der Waals surface area contributed by atoms with Crippen molar-refractivity contribution in [2.45, 2.75) is 51.7 Å². The minimum atomic E-state index is -0.194. The summed E-state index contributed by atoms with van der Waals surface area (Å²) < 4.78 is 1.28. The molecule has 1 aliphatic rings. The highest BCUT2D eigenvalue weighted by Gasteiger charge is 2.33. The molecule has 1 amide bonds. The molecule has 2 aromatic rings. The lowest BCUT2D eigenvalue weighted by Gasteiger charge is -2.26. The molecule has 6 heteroatoms. The normalized spacial score (nSPS) is 14.5. The molecule has 0 N–H and O–H groups in total. The van der Waals surface area contributed by atoms with E-state index in [4.69, 9.17) is 0 Å². The maximum atomic E-state index is 12.4. The van der Waals surface area contributed by atoms with Gasteiger partial charge in [0.05, 0.1) is 11.9 Å². The number of carbonyl (C=O) groups is 1. The van der Waals surface area contributed by atoms with Crippen LogP contribution < -0.4 is 5.56 Å². The number of carbonyl (C=O) groups excluding carboxylic acids is 1. The third kappa shape index (κ3) is 2.86. The van der Waals surface area contributed by atoms with E-state index in [0.717, 1.165) is 12.8 Å². The summed E-state index contributed by atoms with van der Waals surface area (Å²) >= 11 is 0. The fourth-order valence-corrected chi connectivity index (χ4v) is 2.77. The van der Waals surface area contributed by atoms with Crippen molar-refractivity contribution >= 4 is 16.8 Å². The predicted octanol–water partition coefficient (Wildman–Crippen LogP) is 1.58. The molecule has 6 nitrogen and oxygen atoms in total. The first kappa shape index (κ1) is 14.7.